The van der Waals surface area contributed by atoms with Gasteiger partial charge in [0, 0.05) is 31.2 Å². The van der Waals surface area contributed by atoms with Crippen LogP contribution in [0.5, 0.6) is 17.2 Å². The number of ether oxygens (including phenoxy) is 4. The van der Waals surface area contributed by atoms with E-state index in [1.807, 2.05) is 69.3 Å². The van der Waals surface area contributed by atoms with Crippen molar-refractivity contribution in [3.8, 4) is 22.9 Å². The molecule has 1 atom stereocenters. The van der Waals surface area contributed by atoms with E-state index in [4.69, 9.17) is 18.9 Å². The van der Waals surface area contributed by atoms with Crippen molar-refractivity contribution in [2.75, 3.05) is 25.1 Å². The third kappa shape index (κ3) is 7.90. The number of benzene rings is 2. The molecule has 3 aromatic heterocycles. The number of para-hydroxylation sites is 1. The van der Waals surface area contributed by atoms with Crippen molar-refractivity contribution in [2.24, 2.45) is 7.05 Å². The highest BCUT2D eigenvalue weighted by molar-refractivity contribution is 6.04. The van der Waals surface area contributed by atoms with Crippen molar-refractivity contribution in [2.45, 2.75) is 70.6 Å². The quantitative estimate of drug-likeness (QED) is 0.146. The highest BCUT2D eigenvalue weighted by atomic mass is 16.6. The molecule has 0 bridgehead atoms. The third-order valence-corrected chi connectivity index (χ3v) is 9.54. The van der Waals surface area contributed by atoms with Gasteiger partial charge in [-0.15, -0.1) is 0 Å². The second kappa shape index (κ2) is 14.4. The molecule has 2 aromatic carbocycles. The van der Waals surface area contributed by atoms with Gasteiger partial charge in [0.25, 0.3) is 11.5 Å². The molecule has 53 heavy (non-hydrogen) atoms. The lowest BCUT2D eigenvalue weighted by atomic mass is 10.1. The second-order valence-electron chi connectivity index (χ2n) is 14.6. The lowest BCUT2D eigenvalue weighted by Crippen LogP contribution is -2.44. The number of anilines is 1. The molecule has 1 saturated carbocycles. The van der Waals surface area contributed by atoms with Crippen molar-refractivity contribution in [1.82, 2.24) is 24.2 Å². The zero-order valence-electron chi connectivity index (χ0n) is 30.6. The number of nitrogens with one attached hydrogen (secondary N) is 1. The molecule has 0 radical (unpaired) electrons. The maximum atomic E-state index is 13.3. The smallest absolute Gasteiger partial charge is 0.410 e. The van der Waals surface area contributed by atoms with E-state index in [1.165, 1.54) is 10.9 Å². The van der Waals surface area contributed by atoms with Crippen LogP contribution in [0.3, 0.4) is 0 Å². The number of rotatable bonds is 11. The third-order valence-electron chi connectivity index (χ3n) is 9.54. The minimum absolute atomic E-state index is 0.000686. The van der Waals surface area contributed by atoms with Crippen LogP contribution in [0, 0.1) is 6.92 Å². The van der Waals surface area contributed by atoms with E-state index in [0.717, 1.165) is 24.6 Å². The van der Waals surface area contributed by atoms with Crippen LogP contribution in [0.15, 0.2) is 83.9 Å². The molecular weight excluding hydrogens is 676 g/mol. The van der Waals surface area contributed by atoms with Crippen LogP contribution < -0.4 is 20.3 Å². The van der Waals surface area contributed by atoms with Gasteiger partial charge in [0.15, 0.2) is 0 Å². The molecule has 1 aliphatic heterocycles. The average Bonchev–Trinajstić information content (AvgIpc) is 3.69. The summed E-state index contributed by atoms with van der Waals surface area (Å²) in [6.45, 7) is 8.78. The molecule has 13 nitrogen and oxygen atoms in total. The summed E-state index contributed by atoms with van der Waals surface area (Å²) >= 11 is 0. The molecule has 276 valence electrons. The van der Waals surface area contributed by atoms with Crippen molar-refractivity contribution in [3.05, 3.63) is 101 Å². The number of amides is 2. The fraction of sp³-hybridized carbons (Fsp3) is 0.375. The fourth-order valence-corrected chi connectivity index (χ4v) is 6.61. The van der Waals surface area contributed by atoms with E-state index in [1.54, 1.807) is 47.9 Å². The lowest BCUT2D eigenvalue weighted by molar-refractivity contribution is 0.0129. The van der Waals surface area contributed by atoms with Crippen molar-refractivity contribution >= 4 is 28.7 Å². The molecule has 7 rings (SSSR count). The molecule has 1 spiro atoms. The van der Waals surface area contributed by atoms with Gasteiger partial charge < -0.3 is 29.2 Å². The Morgan fingerprint density at radius 2 is 1.81 bits per heavy atom. The van der Waals surface area contributed by atoms with Crippen molar-refractivity contribution in [1.29, 1.82) is 0 Å². The molecule has 1 N–H and O–H groups in total. The van der Waals surface area contributed by atoms with E-state index < -0.39 is 17.1 Å². The van der Waals surface area contributed by atoms with Gasteiger partial charge >= 0.3 is 6.09 Å². The first-order chi connectivity index (χ1) is 25.4. The summed E-state index contributed by atoms with van der Waals surface area (Å²) < 4.78 is 27.1. The summed E-state index contributed by atoms with van der Waals surface area (Å²) in [7, 11) is 1.74. The Balaban J connectivity index is 0.960. The maximum absolute atomic E-state index is 13.3. The Labute approximate surface area is 307 Å². The summed E-state index contributed by atoms with van der Waals surface area (Å²) in [6, 6.07) is 19.8. The Bertz CT molecular complexity index is 2190. The van der Waals surface area contributed by atoms with E-state index in [9.17, 15) is 14.4 Å². The summed E-state index contributed by atoms with van der Waals surface area (Å²) in [5.74, 6) is 1.40. The standard InChI is InChI=1S/C40H44N6O7/c1-26-35(37(48)46(44(26)5)27-10-7-6-8-11-27)36(47)43-34-15-13-30(24-42-34)52-33-16-19-41-32-22-29(12-14-31(32)33)50-21-9-20-45(38(49)53-39(2,3)4)28-23-40(17-18-40)51-25-28/h6-8,10-16,19,22,24,28H,9,17-18,20-21,23,25H2,1-5H3,(H,42,43,47). The molecule has 2 fully saturated rings. The SMILES string of the molecule is Cc1c(C(=O)Nc2ccc(Oc3ccnc4cc(OCCCN(C(=O)OC(C)(C)C)C5COC6(CC6)C5)ccc34)cn2)c(=O)n(-c2ccccc2)n1C. The lowest BCUT2D eigenvalue weighted by Gasteiger charge is -2.31. The number of fused-ring (bicyclic) bond motifs is 1. The summed E-state index contributed by atoms with van der Waals surface area (Å²) in [6.07, 6.45) is 6.41. The molecule has 2 amide bonds. The fourth-order valence-electron chi connectivity index (χ4n) is 6.61. The molecule has 4 heterocycles. The first-order valence-corrected chi connectivity index (χ1v) is 17.8. The number of hydrogen-bond acceptors (Lipinski definition) is 9. The Hall–Kier alpha value is -5.69. The number of pyridine rings is 2. The molecule has 5 aromatic rings. The molecule has 1 aliphatic carbocycles. The highest BCUT2D eigenvalue weighted by Gasteiger charge is 2.52. The van der Waals surface area contributed by atoms with Gasteiger partial charge in [-0.05, 0) is 95.8 Å². The Kier molecular flexibility index (Phi) is 9.69. The molecule has 13 heteroatoms. The van der Waals surface area contributed by atoms with Crippen molar-refractivity contribution < 1.29 is 28.5 Å². The van der Waals surface area contributed by atoms with Crippen LogP contribution in [0.25, 0.3) is 16.6 Å². The summed E-state index contributed by atoms with van der Waals surface area (Å²) in [4.78, 5) is 50.2. The van der Waals surface area contributed by atoms with Crippen LogP contribution in [0.4, 0.5) is 10.6 Å². The minimum atomic E-state index is -0.583. The van der Waals surface area contributed by atoms with E-state index in [2.05, 4.69) is 15.3 Å². The first kappa shape index (κ1) is 35.7. The van der Waals surface area contributed by atoms with Gasteiger partial charge in [0.2, 0.25) is 0 Å². The Morgan fingerprint density at radius 3 is 2.51 bits per heavy atom. The van der Waals surface area contributed by atoms with Crippen molar-refractivity contribution in [3.63, 3.8) is 0 Å². The van der Waals surface area contributed by atoms with Crippen LogP contribution >= 0.6 is 0 Å². The number of carbonyl (C=O) groups excluding carboxylic acids is 2. The minimum Gasteiger partial charge on any atom is -0.493 e. The topological polar surface area (TPSA) is 139 Å². The largest absolute Gasteiger partial charge is 0.493 e. The first-order valence-electron chi connectivity index (χ1n) is 17.8. The van der Waals surface area contributed by atoms with Gasteiger partial charge in [0.05, 0.1) is 48.0 Å². The van der Waals surface area contributed by atoms with E-state index >= 15 is 0 Å². The maximum Gasteiger partial charge on any atom is 0.410 e. The van der Waals surface area contributed by atoms with Gasteiger partial charge in [-0.3, -0.25) is 19.3 Å². The summed E-state index contributed by atoms with van der Waals surface area (Å²) in [5, 5.41) is 3.51. The summed E-state index contributed by atoms with van der Waals surface area (Å²) in [5.41, 5.74) is 0.869. The number of carbonyl (C=O) groups is 2. The van der Waals surface area contributed by atoms with Gasteiger partial charge in [0.1, 0.15) is 34.2 Å². The number of hydrogen-bond donors (Lipinski definition) is 1. The van der Waals surface area contributed by atoms with Gasteiger partial charge in [-0.25, -0.2) is 14.5 Å². The molecule has 1 saturated heterocycles. The number of nitrogens with zero attached hydrogens (tertiary/aromatic N) is 5. The van der Waals surface area contributed by atoms with E-state index in [0.29, 0.717) is 60.3 Å². The second-order valence-corrected chi connectivity index (χ2v) is 14.6. The highest BCUT2D eigenvalue weighted by Crippen LogP contribution is 2.48. The molecule has 1 unspecified atom stereocenters. The van der Waals surface area contributed by atoms with Crippen LogP contribution in [-0.2, 0) is 16.5 Å². The van der Waals surface area contributed by atoms with Crippen LogP contribution in [0.1, 0.15) is 62.5 Å². The zero-order valence-corrected chi connectivity index (χ0v) is 30.6. The zero-order chi connectivity index (χ0) is 37.3. The normalized spacial score (nSPS) is 16.1. The molecule has 2 aliphatic rings. The van der Waals surface area contributed by atoms with Gasteiger partial charge in [-0.1, -0.05) is 18.2 Å². The molecular formula is C40H44N6O7. The van der Waals surface area contributed by atoms with Gasteiger partial charge in [-0.2, -0.15) is 0 Å². The number of aromatic nitrogens is 4. The Morgan fingerprint density at radius 1 is 1.04 bits per heavy atom. The van der Waals surface area contributed by atoms with Crippen LogP contribution in [0.2, 0.25) is 0 Å². The average molecular weight is 721 g/mol. The predicted molar refractivity (Wildman–Crippen MR) is 199 cm³/mol. The van der Waals surface area contributed by atoms with Crippen LogP contribution in [-0.4, -0.2) is 73.2 Å². The predicted octanol–water partition coefficient (Wildman–Crippen LogP) is 6.80. The van der Waals surface area contributed by atoms with E-state index in [-0.39, 0.29) is 29.1 Å². The monoisotopic (exact) mass is 720 g/mol.